The van der Waals surface area contributed by atoms with E-state index in [4.69, 9.17) is 5.73 Å². The molecule has 0 aromatic heterocycles. The predicted molar refractivity (Wildman–Crippen MR) is 75.0 cm³/mol. The summed E-state index contributed by atoms with van der Waals surface area (Å²) in [6.07, 6.45) is -4.44. The average molecular weight is 317 g/mol. The molecule has 0 spiro atoms. The fourth-order valence-corrected chi connectivity index (χ4v) is 1.69. The Morgan fingerprint density at radius 1 is 1.27 bits per heavy atom. The highest BCUT2D eigenvalue weighted by Gasteiger charge is 2.27. The van der Waals surface area contributed by atoms with Gasteiger partial charge in [0.05, 0.1) is 6.04 Å². The number of hydrogen-bond acceptors (Lipinski definition) is 3. The molecule has 0 radical (unpaired) electrons. The molecule has 0 aliphatic heterocycles. The van der Waals surface area contributed by atoms with Crippen LogP contribution in [0, 0.1) is 0 Å². The lowest BCUT2D eigenvalue weighted by atomic mass is 10.1. The van der Waals surface area contributed by atoms with Crippen molar-refractivity contribution >= 4 is 11.8 Å². The predicted octanol–water partition coefficient (Wildman–Crippen LogP) is 1.28. The SMILES string of the molecule is CC(C(N)=O)N(C)Cc1ccc(C(=O)NCC(F)(F)F)cc1. The van der Waals surface area contributed by atoms with Gasteiger partial charge in [-0.25, -0.2) is 0 Å². The summed E-state index contributed by atoms with van der Waals surface area (Å²) >= 11 is 0. The monoisotopic (exact) mass is 317 g/mol. The van der Waals surface area contributed by atoms with Crippen LogP contribution in [0.5, 0.6) is 0 Å². The molecule has 0 heterocycles. The van der Waals surface area contributed by atoms with Crippen LogP contribution in [-0.2, 0) is 11.3 Å². The normalized spacial score (nSPS) is 13.0. The van der Waals surface area contributed by atoms with Gasteiger partial charge in [-0.1, -0.05) is 12.1 Å². The molecule has 1 aromatic carbocycles. The summed E-state index contributed by atoms with van der Waals surface area (Å²) < 4.78 is 36.1. The zero-order chi connectivity index (χ0) is 16.9. The zero-order valence-electron chi connectivity index (χ0n) is 12.3. The molecule has 0 fully saturated rings. The van der Waals surface area contributed by atoms with E-state index in [0.29, 0.717) is 6.54 Å². The maximum atomic E-state index is 12.0. The zero-order valence-corrected chi connectivity index (χ0v) is 12.3. The number of likely N-dealkylation sites (N-methyl/N-ethyl adjacent to an activating group) is 1. The first kappa shape index (κ1) is 18.0. The first-order valence-electron chi connectivity index (χ1n) is 6.53. The van der Waals surface area contributed by atoms with Crippen molar-refractivity contribution in [2.45, 2.75) is 25.7 Å². The first-order chi connectivity index (χ1) is 10.1. The third-order valence-electron chi connectivity index (χ3n) is 3.17. The molecular weight excluding hydrogens is 299 g/mol. The molecule has 0 bridgehead atoms. The summed E-state index contributed by atoms with van der Waals surface area (Å²) in [6.45, 7) is 0.724. The lowest BCUT2D eigenvalue weighted by Gasteiger charge is -2.21. The van der Waals surface area contributed by atoms with Gasteiger partial charge in [0, 0.05) is 12.1 Å². The van der Waals surface area contributed by atoms with Crippen molar-refractivity contribution in [3.8, 4) is 0 Å². The van der Waals surface area contributed by atoms with Gasteiger partial charge in [-0.05, 0) is 31.7 Å². The summed E-state index contributed by atoms with van der Waals surface area (Å²) in [5.74, 6) is -1.24. The van der Waals surface area contributed by atoms with Crippen molar-refractivity contribution in [2.24, 2.45) is 5.73 Å². The van der Waals surface area contributed by atoms with Gasteiger partial charge < -0.3 is 11.1 Å². The van der Waals surface area contributed by atoms with Crippen LogP contribution >= 0.6 is 0 Å². The average Bonchev–Trinajstić information content (AvgIpc) is 2.43. The summed E-state index contributed by atoms with van der Waals surface area (Å²) in [7, 11) is 1.72. The lowest BCUT2D eigenvalue weighted by molar-refractivity contribution is -0.123. The summed E-state index contributed by atoms with van der Waals surface area (Å²) in [5.41, 5.74) is 6.14. The van der Waals surface area contributed by atoms with Gasteiger partial charge in [0.1, 0.15) is 6.54 Å². The molecule has 122 valence electrons. The maximum absolute atomic E-state index is 12.0. The van der Waals surface area contributed by atoms with Gasteiger partial charge in [-0.2, -0.15) is 13.2 Å². The van der Waals surface area contributed by atoms with E-state index < -0.39 is 30.6 Å². The molecule has 1 atom stereocenters. The van der Waals surface area contributed by atoms with Crippen LogP contribution in [0.2, 0.25) is 0 Å². The van der Waals surface area contributed by atoms with Gasteiger partial charge in [0.2, 0.25) is 5.91 Å². The van der Waals surface area contributed by atoms with Crippen LogP contribution in [0.4, 0.5) is 13.2 Å². The van der Waals surface area contributed by atoms with Crippen LogP contribution in [0.15, 0.2) is 24.3 Å². The maximum Gasteiger partial charge on any atom is 0.405 e. The molecule has 0 aliphatic carbocycles. The van der Waals surface area contributed by atoms with Crippen LogP contribution in [0.25, 0.3) is 0 Å². The van der Waals surface area contributed by atoms with E-state index in [9.17, 15) is 22.8 Å². The number of alkyl halides is 3. The molecule has 1 rings (SSSR count). The minimum atomic E-state index is -4.44. The Labute approximate surface area is 126 Å². The van der Waals surface area contributed by atoms with Crippen molar-refractivity contribution in [3.05, 3.63) is 35.4 Å². The second kappa shape index (κ2) is 7.26. The van der Waals surface area contributed by atoms with Crippen LogP contribution in [0.3, 0.4) is 0 Å². The fourth-order valence-electron chi connectivity index (χ4n) is 1.69. The lowest BCUT2D eigenvalue weighted by Crippen LogP contribution is -2.39. The molecule has 0 aliphatic rings. The van der Waals surface area contributed by atoms with E-state index in [-0.39, 0.29) is 5.56 Å². The summed E-state index contributed by atoms with van der Waals surface area (Å²) in [4.78, 5) is 24.3. The molecule has 1 aromatic rings. The van der Waals surface area contributed by atoms with Crippen molar-refractivity contribution in [2.75, 3.05) is 13.6 Å². The van der Waals surface area contributed by atoms with Gasteiger partial charge in [-0.3, -0.25) is 14.5 Å². The highest BCUT2D eigenvalue weighted by atomic mass is 19.4. The Kier molecular flexibility index (Phi) is 5.92. The quantitative estimate of drug-likeness (QED) is 0.830. The van der Waals surface area contributed by atoms with Crippen LogP contribution in [-0.4, -0.2) is 42.5 Å². The highest BCUT2D eigenvalue weighted by molar-refractivity contribution is 5.94. The number of halogens is 3. The molecule has 1 unspecified atom stereocenters. The minimum absolute atomic E-state index is 0.138. The molecule has 2 amide bonds. The second-order valence-electron chi connectivity index (χ2n) is 4.99. The number of hydrogen-bond donors (Lipinski definition) is 2. The number of nitrogens with two attached hydrogens (primary N) is 1. The summed E-state index contributed by atoms with van der Waals surface area (Å²) in [6, 6.07) is 5.65. The van der Waals surface area contributed by atoms with Gasteiger partial charge >= 0.3 is 6.18 Å². The largest absolute Gasteiger partial charge is 0.405 e. The molecule has 0 saturated carbocycles. The van der Waals surface area contributed by atoms with E-state index in [1.54, 1.807) is 36.3 Å². The Morgan fingerprint density at radius 3 is 2.27 bits per heavy atom. The van der Waals surface area contributed by atoms with E-state index in [2.05, 4.69) is 0 Å². The van der Waals surface area contributed by atoms with Gasteiger partial charge in [0.25, 0.3) is 5.91 Å². The van der Waals surface area contributed by atoms with Crippen molar-refractivity contribution in [1.29, 1.82) is 0 Å². The molecule has 3 N–H and O–H groups in total. The summed E-state index contributed by atoms with van der Waals surface area (Å²) in [5, 5.41) is 1.80. The van der Waals surface area contributed by atoms with Crippen LogP contribution in [0.1, 0.15) is 22.8 Å². The minimum Gasteiger partial charge on any atom is -0.368 e. The highest BCUT2D eigenvalue weighted by Crippen LogP contribution is 2.13. The van der Waals surface area contributed by atoms with E-state index >= 15 is 0 Å². The molecule has 5 nitrogen and oxygen atoms in total. The van der Waals surface area contributed by atoms with E-state index in [0.717, 1.165) is 5.56 Å². The van der Waals surface area contributed by atoms with E-state index in [1.807, 2.05) is 0 Å². The van der Waals surface area contributed by atoms with Gasteiger partial charge in [0.15, 0.2) is 0 Å². The molecular formula is C14H18F3N3O2. The topological polar surface area (TPSA) is 75.4 Å². The number of nitrogens with zero attached hydrogens (tertiary/aromatic N) is 1. The molecule has 22 heavy (non-hydrogen) atoms. The number of carbonyl (C=O) groups is 2. The number of carbonyl (C=O) groups excluding carboxylic acids is 2. The van der Waals surface area contributed by atoms with E-state index in [1.165, 1.54) is 12.1 Å². The molecule has 8 heteroatoms. The fraction of sp³-hybridized carbons (Fsp3) is 0.429. The van der Waals surface area contributed by atoms with Crippen molar-refractivity contribution in [1.82, 2.24) is 10.2 Å². The third kappa shape index (κ3) is 5.72. The Morgan fingerprint density at radius 2 is 1.82 bits per heavy atom. The van der Waals surface area contributed by atoms with Crippen molar-refractivity contribution in [3.63, 3.8) is 0 Å². The number of rotatable bonds is 6. The van der Waals surface area contributed by atoms with Gasteiger partial charge in [-0.15, -0.1) is 0 Å². The Bertz CT molecular complexity index is 529. The standard InChI is InChI=1S/C14H18F3N3O2/c1-9(12(18)21)20(2)7-10-3-5-11(6-4-10)13(22)19-8-14(15,16)17/h3-6,9H,7-8H2,1-2H3,(H2,18,21)(H,19,22). The number of amides is 2. The Hall–Kier alpha value is -2.09. The smallest absolute Gasteiger partial charge is 0.368 e. The molecule has 0 saturated heterocycles. The number of primary amides is 1. The van der Waals surface area contributed by atoms with Crippen LogP contribution < -0.4 is 11.1 Å². The number of nitrogens with one attached hydrogen (secondary N) is 1. The second-order valence-corrected chi connectivity index (χ2v) is 4.99. The first-order valence-corrected chi connectivity index (χ1v) is 6.53. The van der Waals surface area contributed by atoms with Crippen molar-refractivity contribution < 1.29 is 22.8 Å². The third-order valence-corrected chi connectivity index (χ3v) is 3.17. The number of benzene rings is 1. The Balaban J connectivity index is 2.63.